The summed E-state index contributed by atoms with van der Waals surface area (Å²) in [5.74, 6) is -1.54. The molecule has 1 amide bonds. The van der Waals surface area contributed by atoms with Crippen LogP contribution in [0.15, 0.2) is 36.4 Å². The van der Waals surface area contributed by atoms with E-state index in [2.05, 4.69) is 5.32 Å². The number of aromatic carboxylic acids is 1. The molecule has 0 fully saturated rings. The monoisotopic (exact) mass is 285 g/mol. The van der Waals surface area contributed by atoms with E-state index in [9.17, 15) is 19.8 Å². The van der Waals surface area contributed by atoms with Crippen LogP contribution in [-0.2, 0) is 0 Å². The van der Waals surface area contributed by atoms with Crippen molar-refractivity contribution in [2.75, 3.05) is 5.32 Å². The Morgan fingerprint density at radius 2 is 1.71 bits per heavy atom. The molecule has 0 aliphatic heterocycles. The number of carbonyl (C=O) groups excluding carboxylic acids is 1. The third kappa shape index (κ3) is 2.86. The van der Waals surface area contributed by atoms with Crippen molar-refractivity contribution in [3.63, 3.8) is 0 Å². The van der Waals surface area contributed by atoms with Gasteiger partial charge in [0, 0.05) is 11.1 Å². The number of phenols is 1. The molecule has 5 nitrogen and oxygen atoms in total. The third-order valence-corrected chi connectivity index (χ3v) is 3.28. The van der Waals surface area contributed by atoms with Gasteiger partial charge in [0.05, 0.1) is 11.3 Å². The Morgan fingerprint density at radius 1 is 1.05 bits per heavy atom. The average Bonchev–Trinajstić information content (AvgIpc) is 2.41. The molecule has 0 spiro atoms. The summed E-state index contributed by atoms with van der Waals surface area (Å²) >= 11 is 0. The number of carboxylic acid groups (broad SMARTS) is 1. The Kier molecular flexibility index (Phi) is 3.93. The highest BCUT2D eigenvalue weighted by atomic mass is 16.4. The molecule has 108 valence electrons. The zero-order valence-electron chi connectivity index (χ0n) is 11.7. The topological polar surface area (TPSA) is 86.6 Å². The van der Waals surface area contributed by atoms with E-state index in [0.717, 1.165) is 0 Å². The van der Waals surface area contributed by atoms with Crippen molar-refractivity contribution in [3.05, 3.63) is 58.7 Å². The van der Waals surface area contributed by atoms with Gasteiger partial charge >= 0.3 is 5.97 Å². The van der Waals surface area contributed by atoms with E-state index in [-0.39, 0.29) is 17.0 Å². The van der Waals surface area contributed by atoms with Gasteiger partial charge in [-0.1, -0.05) is 18.2 Å². The van der Waals surface area contributed by atoms with Crippen LogP contribution in [0.1, 0.15) is 31.8 Å². The number of aromatic hydroxyl groups is 1. The second-order valence-electron chi connectivity index (χ2n) is 4.71. The summed E-state index contributed by atoms with van der Waals surface area (Å²) in [6, 6.07) is 9.49. The fourth-order valence-corrected chi connectivity index (χ4v) is 2.11. The van der Waals surface area contributed by atoms with Crippen LogP contribution in [0.25, 0.3) is 0 Å². The first-order chi connectivity index (χ1) is 9.91. The molecule has 21 heavy (non-hydrogen) atoms. The van der Waals surface area contributed by atoms with Gasteiger partial charge in [-0.15, -0.1) is 0 Å². The van der Waals surface area contributed by atoms with Gasteiger partial charge in [0.1, 0.15) is 5.75 Å². The minimum absolute atomic E-state index is 0.0188. The molecule has 0 unspecified atom stereocenters. The molecule has 5 heteroatoms. The number of carboxylic acids is 1. The predicted octanol–water partition coefficient (Wildman–Crippen LogP) is 2.96. The number of anilines is 1. The van der Waals surface area contributed by atoms with Crippen LogP contribution in [0.2, 0.25) is 0 Å². The van der Waals surface area contributed by atoms with E-state index in [1.807, 2.05) is 0 Å². The van der Waals surface area contributed by atoms with E-state index >= 15 is 0 Å². The molecule has 0 atom stereocenters. The first-order valence-electron chi connectivity index (χ1n) is 6.34. The van der Waals surface area contributed by atoms with E-state index in [1.165, 1.54) is 12.1 Å². The van der Waals surface area contributed by atoms with Gasteiger partial charge in [0.2, 0.25) is 0 Å². The summed E-state index contributed by atoms with van der Waals surface area (Å²) < 4.78 is 0. The van der Waals surface area contributed by atoms with E-state index in [0.29, 0.717) is 16.7 Å². The van der Waals surface area contributed by atoms with Crippen LogP contribution in [-0.4, -0.2) is 22.1 Å². The molecule has 2 rings (SSSR count). The van der Waals surface area contributed by atoms with Crippen LogP contribution < -0.4 is 5.32 Å². The maximum absolute atomic E-state index is 12.3. The molecule has 2 aromatic carbocycles. The van der Waals surface area contributed by atoms with Crippen molar-refractivity contribution in [1.29, 1.82) is 0 Å². The number of carbonyl (C=O) groups is 2. The standard InChI is InChI=1S/C16H15NO4/c1-9-5-3-7-12(14(9)16(20)21)17-15(19)11-6-4-8-13(18)10(11)2/h3-8,18H,1-2H3,(H,17,19)(H,20,21). The fraction of sp³-hybridized carbons (Fsp3) is 0.125. The fourth-order valence-electron chi connectivity index (χ4n) is 2.11. The Hall–Kier alpha value is -2.82. The third-order valence-electron chi connectivity index (χ3n) is 3.28. The summed E-state index contributed by atoms with van der Waals surface area (Å²) in [6.07, 6.45) is 0. The normalized spacial score (nSPS) is 10.2. The molecule has 0 bridgehead atoms. The van der Waals surface area contributed by atoms with Gasteiger partial charge < -0.3 is 15.5 Å². The molecule has 0 saturated carbocycles. The molecular formula is C16H15NO4. The van der Waals surface area contributed by atoms with Gasteiger partial charge in [-0.05, 0) is 37.6 Å². The molecule has 0 radical (unpaired) electrons. The molecular weight excluding hydrogens is 270 g/mol. The lowest BCUT2D eigenvalue weighted by molar-refractivity contribution is 0.0697. The van der Waals surface area contributed by atoms with E-state index in [4.69, 9.17) is 0 Å². The molecule has 0 aliphatic rings. The van der Waals surface area contributed by atoms with Crippen molar-refractivity contribution in [2.24, 2.45) is 0 Å². The van der Waals surface area contributed by atoms with Crippen molar-refractivity contribution < 1.29 is 19.8 Å². The minimum atomic E-state index is -1.10. The molecule has 0 saturated heterocycles. The molecule has 0 aliphatic carbocycles. The molecule has 3 N–H and O–H groups in total. The summed E-state index contributed by atoms with van der Waals surface area (Å²) in [7, 11) is 0. The number of phenolic OH excluding ortho intramolecular Hbond substituents is 1. The van der Waals surface area contributed by atoms with Gasteiger partial charge in [0.25, 0.3) is 5.91 Å². The zero-order chi connectivity index (χ0) is 15.6. The quantitative estimate of drug-likeness (QED) is 0.809. The van der Waals surface area contributed by atoms with Crippen molar-refractivity contribution in [2.45, 2.75) is 13.8 Å². The van der Waals surface area contributed by atoms with E-state index < -0.39 is 11.9 Å². The van der Waals surface area contributed by atoms with Crippen LogP contribution in [0.5, 0.6) is 5.75 Å². The summed E-state index contributed by atoms with van der Waals surface area (Å²) in [5, 5.41) is 21.5. The Bertz CT molecular complexity index is 722. The van der Waals surface area contributed by atoms with Crippen molar-refractivity contribution >= 4 is 17.6 Å². The number of hydrogen-bond donors (Lipinski definition) is 3. The highest BCUT2D eigenvalue weighted by molar-refractivity contribution is 6.09. The van der Waals surface area contributed by atoms with Crippen molar-refractivity contribution in [3.8, 4) is 5.75 Å². The first-order valence-corrected chi connectivity index (χ1v) is 6.34. The van der Waals surface area contributed by atoms with Gasteiger partial charge in [0.15, 0.2) is 0 Å². The number of amides is 1. The highest BCUT2D eigenvalue weighted by Crippen LogP contribution is 2.23. The summed E-state index contributed by atoms with van der Waals surface area (Å²) in [4.78, 5) is 23.5. The minimum Gasteiger partial charge on any atom is -0.508 e. The molecule has 2 aromatic rings. The Labute approximate surface area is 121 Å². The number of hydrogen-bond acceptors (Lipinski definition) is 3. The van der Waals surface area contributed by atoms with Crippen molar-refractivity contribution in [1.82, 2.24) is 0 Å². The second kappa shape index (κ2) is 5.66. The lowest BCUT2D eigenvalue weighted by Gasteiger charge is -2.12. The number of nitrogens with one attached hydrogen (secondary N) is 1. The van der Waals surface area contributed by atoms with Gasteiger partial charge in [-0.3, -0.25) is 4.79 Å². The lowest BCUT2D eigenvalue weighted by Crippen LogP contribution is -2.16. The maximum atomic E-state index is 12.3. The smallest absolute Gasteiger partial charge is 0.338 e. The molecule has 0 aromatic heterocycles. The maximum Gasteiger partial charge on any atom is 0.338 e. The predicted molar refractivity (Wildman–Crippen MR) is 78.9 cm³/mol. The number of aryl methyl sites for hydroxylation is 1. The van der Waals surface area contributed by atoms with Crippen LogP contribution in [0.3, 0.4) is 0 Å². The number of rotatable bonds is 3. The summed E-state index contributed by atoms with van der Waals surface area (Å²) in [5.41, 5.74) is 1.60. The summed E-state index contributed by atoms with van der Waals surface area (Å²) in [6.45, 7) is 3.29. The van der Waals surface area contributed by atoms with Gasteiger partial charge in [-0.25, -0.2) is 4.79 Å². The van der Waals surface area contributed by atoms with Crippen LogP contribution in [0.4, 0.5) is 5.69 Å². The SMILES string of the molecule is Cc1cccc(NC(=O)c2cccc(O)c2C)c1C(=O)O. The first kappa shape index (κ1) is 14.6. The largest absolute Gasteiger partial charge is 0.508 e. The van der Waals surface area contributed by atoms with Gasteiger partial charge in [-0.2, -0.15) is 0 Å². The highest BCUT2D eigenvalue weighted by Gasteiger charge is 2.17. The Balaban J connectivity index is 2.39. The van der Waals surface area contributed by atoms with Crippen LogP contribution in [0, 0.1) is 13.8 Å². The van der Waals surface area contributed by atoms with Crippen LogP contribution >= 0.6 is 0 Å². The Morgan fingerprint density at radius 3 is 2.38 bits per heavy atom. The van der Waals surface area contributed by atoms with E-state index in [1.54, 1.807) is 38.1 Å². The second-order valence-corrected chi connectivity index (χ2v) is 4.71. The number of benzene rings is 2. The lowest BCUT2D eigenvalue weighted by atomic mass is 10.0. The zero-order valence-corrected chi connectivity index (χ0v) is 11.7. The average molecular weight is 285 g/mol. The molecule has 0 heterocycles.